The Labute approximate surface area is 121 Å². The molecule has 0 radical (unpaired) electrons. The van der Waals surface area contributed by atoms with E-state index in [1.165, 1.54) is 4.90 Å². The molecule has 1 aliphatic heterocycles. The van der Waals surface area contributed by atoms with E-state index in [-0.39, 0.29) is 31.8 Å². The standard InChI is InChI=1S/C14H20F3NO3/c1-8(13(20)21)9-6-18(7-9)12(19)10-4-2-3-5-11(10)14(15,16)17/h8-11H,2-7H2,1H3,(H,20,21). The van der Waals surface area contributed by atoms with Gasteiger partial charge in [0.25, 0.3) is 0 Å². The Morgan fingerprint density at radius 3 is 2.29 bits per heavy atom. The molecular weight excluding hydrogens is 287 g/mol. The molecule has 1 heterocycles. The summed E-state index contributed by atoms with van der Waals surface area (Å²) in [6, 6.07) is 0. The molecule has 21 heavy (non-hydrogen) atoms. The Kier molecular flexibility index (Phi) is 4.49. The van der Waals surface area contributed by atoms with Crippen LogP contribution in [0.2, 0.25) is 0 Å². The van der Waals surface area contributed by atoms with Crippen LogP contribution in [0.4, 0.5) is 13.2 Å². The van der Waals surface area contributed by atoms with Crippen molar-refractivity contribution in [2.75, 3.05) is 13.1 Å². The Balaban J connectivity index is 1.96. The third-order valence-corrected chi connectivity index (χ3v) is 4.82. The van der Waals surface area contributed by atoms with Gasteiger partial charge in [-0.2, -0.15) is 13.2 Å². The topological polar surface area (TPSA) is 57.6 Å². The van der Waals surface area contributed by atoms with Crippen molar-refractivity contribution >= 4 is 11.9 Å². The van der Waals surface area contributed by atoms with Crippen LogP contribution in [0, 0.1) is 23.7 Å². The summed E-state index contributed by atoms with van der Waals surface area (Å²) in [5.74, 6) is -4.64. The van der Waals surface area contributed by atoms with Crippen molar-refractivity contribution in [1.82, 2.24) is 4.90 Å². The zero-order valence-corrected chi connectivity index (χ0v) is 11.9. The van der Waals surface area contributed by atoms with Crippen molar-refractivity contribution in [3.63, 3.8) is 0 Å². The van der Waals surface area contributed by atoms with Gasteiger partial charge in [0.2, 0.25) is 5.91 Å². The molecule has 7 heteroatoms. The number of hydrogen-bond donors (Lipinski definition) is 1. The highest BCUT2D eigenvalue weighted by atomic mass is 19.4. The van der Waals surface area contributed by atoms with Crippen LogP contribution in [0.25, 0.3) is 0 Å². The molecule has 1 aliphatic carbocycles. The van der Waals surface area contributed by atoms with E-state index in [0.29, 0.717) is 12.8 Å². The van der Waals surface area contributed by atoms with E-state index < -0.39 is 35.8 Å². The SMILES string of the molecule is CC(C(=O)O)C1CN(C(=O)C2CCCCC2C(F)(F)F)C1. The number of likely N-dealkylation sites (tertiary alicyclic amines) is 1. The average molecular weight is 307 g/mol. The minimum Gasteiger partial charge on any atom is -0.481 e. The Bertz CT molecular complexity index is 418. The Hall–Kier alpha value is -1.27. The number of carbonyl (C=O) groups is 2. The van der Waals surface area contributed by atoms with Crippen molar-refractivity contribution in [1.29, 1.82) is 0 Å². The first kappa shape index (κ1) is 16.1. The lowest BCUT2D eigenvalue weighted by molar-refractivity contribution is -0.202. The first-order valence-corrected chi connectivity index (χ1v) is 7.30. The number of aliphatic carboxylic acids is 1. The van der Waals surface area contributed by atoms with Gasteiger partial charge in [-0.1, -0.05) is 19.8 Å². The summed E-state index contributed by atoms with van der Waals surface area (Å²) in [6.07, 6.45) is -2.89. The van der Waals surface area contributed by atoms with Gasteiger partial charge >= 0.3 is 12.1 Å². The van der Waals surface area contributed by atoms with Crippen LogP contribution >= 0.6 is 0 Å². The van der Waals surface area contributed by atoms with E-state index in [0.717, 1.165) is 0 Å². The van der Waals surface area contributed by atoms with Gasteiger partial charge in [-0.15, -0.1) is 0 Å². The summed E-state index contributed by atoms with van der Waals surface area (Å²) in [6.45, 7) is 2.08. The molecule has 0 aromatic heterocycles. The fourth-order valence-electron chi connectivity index (χ4n) is 3.26. The molecule has 1 saturated heterocycles. The molecule has 0 aromatic carbocycles. The van der Waals surface area contributed by atoms with Gasteiger partial charge in [-0.25, -0.2) is 0 Å². The molecule has 3 atom stereocenters. The molecule has 3 unspecified atom stereocenters. The lowest BCUT2D eigenvalue weighted by Gasteiger charge is -2.44. The molecule has 2 fully saturated rings. The normalized spacial score (nSPS) is 28.9. The van der Waals surface area contributed by atoms with Gasteiger partial charge in [0, 0.05) is 24.9 Å². The van der Waals surface area contributed by atoms with Crippen molar-refractivity contribution in [2.45, 2.75) is 38.8 Å². The maximum Gasteiger partial charge on any atom is 0.392 e. The van der Waals surface area contributed by atoms with E-state index >= 15 is 0 Å². The highest BCUT2D eigenvalue weighted by Gasteiger charge is 2.50. The van der Waals surface area contributed by atoms with Gasteiger partial charge < -0.3 is 10.0 Å². The van der Waals surface area contributed by atoms with E-state index in [1.54, 1.807) is 6.92 Å². The molecule has 4 nitrogen and oxygen atoms in total. The summed E-state index contributed by atoms with van der Waals surface area (Å²) < 4.78 is 39.0. The maximum absolute atomic E-state index is 13.0. The fourth-order valence-corrected chi connectivity index (χ4v) is 3.26. The Morgan fingerprint density at radius 1 is 1.19 bits per heavy atom. The molecule has 1 N–H and O–H groups in total. The lowest BCUT2D eigenvalue weighted by atomic mass is 9.76. The van der Waals surface area contributed by atoms with Crippen LogP contribution in [0.15, 0.2) is 0 Å². The number of nitrogens with zero attached hydrogens (tertiary/aromatic N) is 1. The largest absolute Gasteiger partial charge is 0.481 e. The maximum atomic E-state index is 13.0. The van der Waals surface area contributed by atoms with E-state index in [2.05, 4.69) is 0 Å². The number of carboxylic acids is 1. The molecule has 0 aromatic rings. The van der Waals surface area contributed by atoms with Crippen LogP contribution in [-0.2, 0) is 9.59 Å². The van der Waals surface area contributed by atoms with Crippen LogP contribution in [0.5, 0.6) is 0 Å². The number of carbonyl (C=O) groups excluding carboxylic acids is 1. The molecule has 0 bridgehead atoms. The van der Waals surface area contributed by atoms with Crippen molar-refractivity contribution < 1.29 is 27.9 Å². The number of halogens is 3. The zero-order chi connectivity index (χ0) is 15.8. The predicted molar refractivity (Wildman–Crippen MR) is 68.4 cm³/mol. The van der Waals surface area contributed by atoms with Crippen LogP contribution < -0.4 is 0 Å². The first-order chi connectivity index (χ1) is 9.71. The zero-order valence-electron chi connectivity index (χ0n) is 11.9. The average Bonchev–Trinajstić information content (AvgIpc) is 2.35. The van der Waals surface area contributed by atoms with Crippen molar-refractivity contribution in [3.8, 4) is 0 Å². The highest BCUT2D eigenvalue weighted by molar-refractivity contribution is 5.80. The highest BCUT2D eigenvalue weighted by Crippen LogP contribution is 2.43. The van der Waals surface area contributed by atoms with Crippen molar-refractivity contribution in [2.24, 2.45) is 23.7 Å². The van der Waals surface area contributed by atoms with E-state index in [9.17, 15) is 22.8 Å². The molecule has 2 rings (SSSR count). The number of alkyl halides is 3. The van der Waals surface area contributed by atoms with Crippen molar-refractivity contribution in [3.05, 3.63) is 0 Å². The first-order valence-electron chi connectivity index (χ1n) is 7.30. The smallest absolute Gasteiger partial charge is 0.392 e. The predicted octanol–water partition coefficient (Wildman–Crippen LogP) is 2.53. The summed E-state index contributed by atoms with van der Waals surface area (Å²) in [5, 5.41) is 8.89. The minimum absolute atomic E-state index is 0.0166. The second-order valence-electron chi connectivity index (χ2n) is 6.17. The van der Waals surface area contributed by atoms with Crippen LogP contribution in [-0.4, -0.2) is 41.1 Å². The molecular formula is C14H20F3NO3. The number of carboxylic acid groups (broad SMARTS) is 1. The molecule has 1 amide bonds. The molecule has 1 saturated carbocycles. The third kappa shape index (κ3) is 3.32. The lowest BCUT2D eigenvalue weighted by Crippen LogP contribution is -2.56. The number of amides is 1. The van der Waals surface area contributed by atoms with Gasteiger partial charge in [0.05, 0.1) is 11.8 Å². The fraction of sp³-hybridized carbons (Fsp3) is 0.857. The van der Waals surface area contributed by atoms with Gasteiger partial charge in [-0.3, -0.25) is 9.59 Å². The third-order valence-electron chi connectivity index (χ3n) is 4.82. The van der Waals surface area contributed by atoms with Gasteiger partial charge in [0.15, 0.2) is 0 Å². The monoisotopic (exact) mass is 307 g/mol. The molecule has 2 aliphatic rings. The second kappa shape index (κ2) is 5.85. The second-order valence-corrected chi connectivity index (χ2v) is 6.17. The minimum atomic E-state index is -4.33. The van der Waals surface area contributed by atoms with Crippen LogP contribution in [0.3, 0.4) is 0 Å². The number of hydrogen-bond acceptors (Lipinski definition) is 2. The van der Waals surface area contributed by atoms with Gasteiger partial charge in [-0.05, 0) is 12.8 Å². The molecule has 0 spiro atoms. The summed E-state index contributed by atoms with van der Waals surface area (Å²) in [5.41, 5.74) is 0. The quantitative estimate of drug-likeness (QED) is 0.871. The number of rotatable bonds is 3. The molecule has 120 valence electrons. The Morgan fingerprint density at radius 2 is 1.76 bits per heavy atom. The summed E-state index contributed by atoms with van der Waals surface area (Å²) >= 11 is 0. The van der Waals surface area contributed by atoms with Gasteiger partial charge in [0.1, 0.15) is 0 Å². The summed E-state index contributed by atoms with van der Waals surface area (Å²) in [7, 11) is 0. The summed E-state index contributed by atoms with van der Waals surface area (Å²) in [4.78, 5) is 24.5. The van der Waals surface area contributed by atoms with E-state index in [4.69, 9.17) is 5.11 Å². The van der Waals surface area contributed by atoms with E-state index in [1.807, 2.05) is 0 Å². The van der Waals surface area contributed by atoms with Crippen LogP contribution in [0.1, 0.15) is 32.6 Å².